The topological polar surface area (TPSA) is 93.7 Å². The van der Waals surface area contributed by atoms with Crippen molar-refractivity contribution in [3.8, 4) is 23.0 Å². The number of imide groups is 1. The van der Waals surface area contributed by atoms with E-state index in [1.165, 1.54) is 17.0 Å². The van der Waals surface area contributed by atoms with Crippen LogP contribution in [0.25, 0.3) is 10.9 Å². The number of pyridine rings is 1. The molecule has 2 fully saturated rings. The third-order valence-corrected chi connectivity index (χ3v) is 8.11. The Balaban J connectivity index is 1.16. The number of methoxy groups -OCH3 is 1. The van der Waals surface area contributed by atoms with E-state index in [2.05, 4.69) is 9.88 Å². The monoisotopic (exact) mass is 614 g/mol. The number of likely N-dealkylation sites (N-methyl/N-ethyl adjacent to an activating group) is 1. The first-order valence-corrected chi connectivity index (χ1v) is 15.0. The van der Waals surface area contributed by atoms with Crippen LogP contribution in [0.3, 0.4) is 0 Å². The van der Waals surface area contributed by atoms with Crippen LogP contribution in [-0.4, -0.2) is 86.4 Å². The number of benzene rings is 3. The van der Waals surface area contributed by atoms with Crippen molar-refractivity contribution in [3.63, 3.8) is 0 Å². The van der Waals surface area contributed by atoms with Crippen molar-refractivity contribution in [2.24, 2.45) is 0 Å². The quantitative estimate of drug-likeness (QED) is 0.166. The van der Waals surface area contributed by atoms with Gasteiger partial charge in [-0.1, -0.05) is 30.3 Å². The molecule has 2 saturated heterocycles. The number of aromatic nitrogens is 1. The number of rotatable bonds is 11. The molecule has 0 N–H and O–H groups in total. The number of ether oxygens (including phenoxy) is 4. The largest absolute Gasteiger partial charge is 0.491 e. The number of carbonyl (C=O) groups excluding carboxylic acids is 2. The molecule has 4 aromatic rings. The van der Waals surface area contributed by atoms with Gasteiger partial charge in [-0.3, -0.25) is 14.7 Å². The summed E-state index contributed by atoms with van der Waals surface area (Å²) in [6.45, 7) is 4.80. The van der Waals surface area contributed by atoms with E-state index < -0.39 is 23.8 Å². The molecule has 10 nitrogen and oxygen atoms in total. The summed E-state index contributed by atoms with van der Waals surface area (Å²) >= 11 is 0. The number of amides is 3. The zero-order valence-electron chi connectivity index (χ0n) is 25.3. The number of carbonyl (C=O) groups is 2. The summed E-state index contributed by atoms with van der Waals surface area (Å²) < 4.78 is 38.5. The molecule has 45 heavy (non-hydrogen) atoms. The standard InChI is InChI=1S/C34H35FN4O6/c1-37-27(21-23-7-4-3-5-8-23)33(40)39(34(37)41)24-9-11-29(26(35)22-24)45-28-13-14-36-31-25(28)10-12-30(32(31)42-2)44-18-6-15-38-16-19-43-20-17-38/h3-5,7-14,22,27H,6,15-21H2,1-2H3. The van der Waals surface area contributed by atoms with Gasteiger partial charge in [0, 0.05) is 50.8 Å². The first kappa shape index (κ1) is 30.3. The van der Waals surface area contributed by atoms with Crippen molar-refractivity contribution in [2.45, 2.75) is 18.9 Å². The Morgan fingerprint density at radius 3 is 2.51 bits per heavy atom. The minimum absolute atomic E-state index is 0.0676. The smallest absolute Gasteiger partial charge is 0.331 e. The number of fused-ring (bicyclic) bond motifs is 1. The highest BCUT2D eigenvalue weighted by Crippen LogP contribution is 2.40. The molecular weight excluding hydrogens is 579 g/mol. The van der Waals surface area contributed by atoms with Crippen LogP contribution in [0.5, 0.6) is 23.0 Å². The predicted octanol–water partition coefficient (Wildman–Crippen LogP) is 5.29. The third kappa shape index (κ3) is 6.40. The Morgan fingerprint density at radius 2 is 1.76 bits per heavy atom. The summed E-state index contributed by atoms with van der Waals surface area (Å²) in [5.74, 6) is 0.176. The SMILES string of the molecule is COc1c(OCCCN2CCOCC2)ccc2c(Oc3ccc(N4C(=O)C(Cc5ccccc5)N(C)C4=O)cc3F)ccnc12. The molecule has 0 saturated carbocycles. The van der Waals surface area contributed by atoms with Gasteiger partial charge in [0.25, 0.3) is 5.91 Å². The van der Waals surface area contributed by atoms with Crippen LogP contribution in [0.1, 0.15) is 12.0 Å². The van der Waals surface area contributed by atoms with Crippen molar-refractivity contribution in [1.29, 1.82) is 0 Å². The lowest BCUT2D eigenvalue weighted by Crippen LogP contribution is -2.37. The molecule has 1 aromatic heterocycles. The summed E-state index contributed by atoms with van der Waals surface area (Å²) in [6.07, 6.45) is 2.77. The lowest BCUT2D eigenvalue weighted by Gasteiger charge is -2.26. The number of urea groups is 1. The van der Waals surface area contributed by atoms with Gasteiger partial charge in [-0.25, -0.2) is 14.1 Å². The van der Waals surface area contributed by atoms with Gasteiger partial charge in [0.2, 0.25) is 0 Å². The van der Waals surface area contributed by atoms with Crippen LogP contribution in [0.4, 0.5) is 14.9 Å². The number of halogens is 1. The highest BCUT2D eigenvalue weighted by atomic mass is 19.1. The molecular formula is C34H35FN4O6. The van der Waals surface area contributed by atoms with E-state index in [1.807, 2.05) is 30.3 Å². The molecule has 6 rings (SSSR count). The van der Waals surface area contributed by atoms with Gasteiger partial charge in [0.15, 0.2) is 23.1 Å². The molecule has 1 atom stereocenters. The Hall–Kier alpha value is -4.74. The Bertz CT molecular complexity index is 1680. The Labute approximate surface area is 260 Å². The van der Waals surface area contributed by atoms with Gasteiger partial charge < -0.3 is 23.8 Å². The number of morpholine rings is 1. The summed E-state index contributed by atoms with van der Waals surface area (Å²) in [5, 5.41) is 0.605. The fraction of sp³-hybridized carbons (Fsp3) is 0.324. The molecule has 3 aromatic carbocycles. The van der Waals surface area contributed by atoms with Crippen molar-refractivity contribution >= 4 is 28.5 Å². The normalized spacial score (nSPS) is 17.3. The fourth-order valence-corrected chi connectivity index (χ4v) is 5.67. The van der Waals surface area contributed by atoms with Gasteiger partial charge in [-0.15, -0.1) is 0 Å². The minimum atomic E-state index is -0.723. The molecule has 2 aliphatic heterocycles. The summed E-state index contributed by atoms with van der Waals surface area (Å²) in [6, 6.07) is 17.5. The average Bonchev–Trinajstić information content (AvgIpc) is 3.27. The van der Waals surface area contributed by atoms with Crippen LogP contribution in [0, 0.1) is 5.82 Å². The van der Waals surface area contributed by atoms with E-state index in [-0.39, 0.29) is 11.4 Å². The molecule has 0 radical (unpaired) electrons. The molecule has 11 heteroatoms. The lowest BCUT2D eigenvalue weighted by atomic mass is 10.1. The van der Waals surface area contributed by atoms with Crippen LogP contribution in [-0.2, 0) is 16.0 Å². The zero-order chi connectivity index (χ0) is 31.3. The van der Waals surface area contributed by atoms with Gasteiger partial charge >= 0.3 is 6.03 Å². The second-order valence-electron chi connectivity index (χ2n) is 10.9. The first-order chi connectivity index (χ1) is 21.9. The molecule has 0 aliphatic carbocycles. The van der Waals surface area contributed by atoms with Gasteiger partial charge in [-0.2, -0.15) is 0 Å². The van der Waals surface area contributed by atoms with Crippen LogP contribution in [0.15, 0.2) is 72.9 Å². The molecule has 234 valence electrons. The predicted molar refractivity (Wildman–Crippen MR) is 167 cm³/mol. The summed E-state index contributed by atoms with van der Waals surface area (Å²) in [4.78, 5) is 35.5. The molecule has 3 heterocycles. The first-order valence-electron chi connectivity index (χ1n) is 15.0. The lowest BCUT2D eigenvalue weighted by molar-refractivity contribution is -0.119. The Kier molecular flexibility index (Phi) is 9.08. The van der Waals surface area contributed by atoms with Crippen LogP contribution >= 0.6 is 0 Å². The second-order valence-corrected chi connectivity index (χ2v) is 10.9. The molecule has 0 bridgehead atoms. The van der Waals surface area contributed by atoms with Crippen molar-refractivity contribution < 1.29 is 32.9 Å². The van der Waals surface area contributed by atoms with Crippen LogP contribution < -0.4 is 19.1 Å². The van der Waals surface area contributed by atoms with E-state index in [9.17, 15) is 9.59 Å². The van der Waals surface area contributed by atoms with E-state index in [0.29, 0.717) is 41.2 Å². The van der Waals surface area contributed by atoms with E-state index in [0.717, 1.165) is 55.8 Å². The maximum atomic E-state index is 15.4. The number of hydrogen-bond acceptors (Lipinski definition) is 8. The van der Waals surface area contributed by atoms with Crippen molar-refractivity contribution in [2.75, 3.05) is 58.5 Å². The number of nitrogens with zero attached hydrogens (tertiary/aromatic N) is 4. The maximum absolute atomic E-state index is 15.4. The molecule has 1 unspecified atom stereocenters. The summed E-state index contributed by atoms with van der Waals surface area (Å²) in [5.41, 5.74) is 1.57. The van der Waals surface area contributed by atoms with Gasteiger partial charge in [-0.05, 0) is 42.3 Å². The minimum Gasteiger partial charge on any atom is -0.491 e. The van der Waals surface area contributed by atoms with E-state index in [1.54, 1.807) is 38.6 Å². The number of hydrogen-bond donors (Lipinski definition) is 0. The Morgan fingerprint density at radius 1 is 0.978 bits per heavy atom. The average molecular weight is 615 g/mol. The molecule has 3 amide bonds. The molecule has 0 spiro atoms. The third-order valence-electron chi connectivity index (χ3n) is 8.11. The van der Waals surface area contributed by atoms with Crippen LogP contribution in [0.2, 0.25) is 0 Å². The van der Waals surface area contributed by atoms with E-state index >= 15 is 4.39 Å². The number of anilines is 1. The summed E-state index contributed by atoms with van der Waals surface area (Å²) in [7, 11) is 3.12. The maximum Gasteiger partial charge on any atom is 0.331 e. The van der Waals surface area contributed by atoms with Crippen molar-refractivity contribution in [1.82, 2.24) is 14.8 Å². The highest BCUT2D eigenvalue weighted by molar-refractivity contribution is 6.21. The van der Waals surface area contributed by atoms with Crippen molar-refractivity contribution in [3.05, 3.63) is 84.3 Å². The fourth-order valence-electron chi connectivity index (χ4n) is 5.67. The zero-order valence-corrected chi connectivity index (χ0v) is 25.3. The van der Waals surface area contributed by atoms with Gasteiger partial charge in [0.1, 0.15) is 17.3 Å². The molecule has 2 aliphatic rings. The highest BCUT2D eigenvalue weighted by Gasteiger charge is 2.44. The van der Waals surface area contributed by atoms with E-state index in [4.69, 9.17) is 18.9 Å². The van der Waals surface area contributed by atoms with Gasteiger partial charge in [0.05, 0.1) is 32.6 Å². The second kappa shape index (κ2) is 13.5.